The molecule has 0 amide bonds. The Morgan fingerprint density at radius 2 is 1.20 bits per heavy atom. The second-order valence-corrected chi connectivity index (χ2v) is 7.12. The quantitative estimate of drug-likeness (QED) is 0.375. The van der Waals surface area contributed by atoms with Crippen molar-refractivity contribution >= 4 is 10.1 Å². The van der Waals surface area contributed by atoms with Gasteiger partial charge in [0.05, 0.1) is 4.90 Å². The Balaban J connectivity index is 0. The van der Waals surface area contributed by atoms with Crippen LogP contribution in [0.15, 0.2) is 35.2 Å². The van der Waals surface area contributed by atoms with Crippen molar-refractivity contribution < 1.29 is 45.6 Å². The third-order valence-electron chi connectivity index (χ3n) is 3.55. The van der Waals surface area contributed by atoms with Crippen molar-refractivity contribution in [2.45, 2.75) is 76.0 Å². The van der Waals surface area contributed by atoms with Gasteiger partial charge in [-0.2, -0.15) is 8.42 Å². The molecule has 1 aromatic rings. The average Bonchev–Trinajstić information content (AvgIpc) is 2.63. The van der Waals surface area contributed by atoms with Gasteiger partial charge in [0.1, 0.15) is 0 Å². The van der Waals surface area contributed by atoms with Gasteiger partial charge in [-0.05, 0) is 18.6 Å². The van der Waals surface area contributed by atoms with Crippen LogP contribution in [0.4, 0.5) is 0 Å². The summed E-state index contributed by atoms with van der Waals surface area (Å²) in [7, 11) is -4.00. The Morgan fingerprint density at radius 3 is 1.52 bits per heavy atom. The fourth-order valence-electron chi connectivity index (χ4n) is 2.19. The van der Waals surface area contributed by atoms with E-state index in [1.54, 1.807) is 18.2 Å². The molecule has 1 rings (SSSR count). The summed E-state index contributed by atoms with van der Waals surface area (Å²) in [6.07, 6.45) is 13.3. The molecule has 7 heteroatoms. The van der Waals surface area contributed by atoms with Crippen molar-refractivity contribution in [3.63, 3.8) is 0 Å². The van der Waals surface area contributed by atoms with E-state index >= 15 is 0 Å². The maximum absolute atomic E-state index is 10.4. The van der Waals surface area contributed by atoms with Crippen molar-refractivity contribution in [3.05, 3.63) is 30.3 Å². The molecular formula is C18H32O5SZr. The molecule has 1 aromatic carbocycles. The minimum absolute atomic E-state index is 0.0741. The maximum atomic E-state index is 10.4. The Labute approximate surface area is 168 Å². The zero-order valence-electron chi connectivity index (χ0n) is 15.2. The van der Waals surface area contributed by atoms with Crippen LogP contribution in [0, 0.1) is 0 Å². The van der Waals surface area contributed by atoms with E-state index < -0.39 is 10.1 Å². The molecule has 0 aliphatic rings. The van der Waals surface area contributed by atoms with Gasteiger partial charge in [0.25, 0.3) is 10.1 Å². The van der Waals surface area contributed by atoms with Crippen LogP contribution in [-0.4, -0.2) is 24.7 Å². The summed E-state index contributed by atoms with van der Waals surface area (Å²) < 4.78 is 37.6. The standard InChI is InChI=1S/C12H26O.C6H6O3S.O.Zr/c1-2-3-4-5-6-7-8-9-10-11-12-13;7-10(8,9)6-4-2-1-3-5-6;;/h13H,2-12H2,1H3;1-5H,(H,7,8,9);;. The first-order chi connectivity index (χ1) is 12.0. The molecule has 0 atom stereocenters. The third-order valence-corrected chi connectivity index (χ3v) is 4.42. The summed E-state index contributed by atoms with van der Waals surface area (Å²) in [6.45, 7) is 2.63. The SMILES string of the molecule is CCCCCCCCCCCCO.O=S(=O)(O)c1ccccc1.[O]=[Zr]. The van der Waals surface area contributed by atoms with Gasteiger partial charge in [-0.25, -0.2) is 0 Å². The van der Waals surface area contributed by atoms with Crippen LogP contribution in [0.1, 0.15) is 71.1 Å². The second-order valence-electron chi connectivity index (χ2n) is 5.69. The Hall–Kier alpha value is -0.227. The zero-order chi connectivity index (χ0) is 19.4. The molecule has 0 saturated heterocycles. The van der Waals surface area contributed by atoms with Crippen LogP contribution in [0.25, 0.3) is 0 Å². The Morgan fingerprint density at radius 1 is 0.800 bits per heavy atom. The number of hydrogen-bond acceptors (Lipinski definition) is 4. The normalized spacial score (nSPS) is 10.2. The Bertz CT molecular complexity index is 469. The van der Waals surface area contributed by atoms with E-state index in [0.29, 0.717) is 31.3 Å². The van der Waals surface area contributed by atoms with Gasteiger partial charge in [-0.1, -0.05) is 82.9 Å². The molecule has 25 heavy (non-hydrogen) atoms. The van der Waals surface area contributed by atoms with Gasteiger partial charge in [0.15, 0.2) is 0 Å². The molecule has 0 aliphatic carbocycles. The molecule has 0 heterocycles. The summed E-state index contributed by atoms with van der Waals surface area (Å²) in [6, 6.07) is 7.42. The minimum atomic E-state index is -4.00. The van der Waals surface area contributed by atoms with Crippen molar-refractivity contribution in [1.29, 1.82) is 0 Å². The molecular weight excluding hydrogens is 419 g/mol. The van der Waals surface area contributed by atoms with E-state index in [2.05, 4.69) is 6.92 Å². The van der Waals surface area contributed by atoms with E-state index in [1.165, 1.54) is 69.9 Å². The van der Waals surface area contributed by atoms with Crippen LogP contribution in [0.3, 0.4) is 0 Å². The average molecular weight is 452 g/mol. The monoisotopic (exact) mass is 450 g/mol. The summed E-state index contributed by atoms with van der Waals surface area (Å²) in [4.78, 5) is -0.0741. The molecule has 0 aromatic heterocycles. The van der Waals surface area contributed by atoms with Crippen LogP contribution < -0.4 is 0 Å². The van der Waals surface area contributed by atoms with Gasteiger partial charge in [0, 0.05) is 6.61 Å². The molecule has 0 unspecified atom stereocenters. The molecule has 0 saturated carbocycles. The Kier molecular flexibility index (Phi) is 21.7. The first-order valence-corrected chi connectivity index (χ1v) is 11.3. The molecule has 0 radical (unpaired) electrons. The van der Waals surface area contributed by atoms with Crippen molar-refractivity contribution in [2.75, 3.05) is 6.61 Å². The first-order valence-electron chi connectivity index (χ1n) is 8.86. The molecule has 0 bridgehead atoms. The van der Waals surface area contributed by atoms with Crippen molar-refractivity contribution in [3.8, 4) is 0 Å². The summed E-state index contributed by atoms with van der Waals surface area (Å²) in [5, 5.41) is 8.57. The van der Waals surface area contributed by atoms with E-state index in [9.17, 15) is 8.42 Å². The van der Waals surface area contributed by atoms with Crippen LogP contribution >= 0.6 is 0 Å². The number of rotatable bonds is 11. The van der Waals surface area contributed by atoms with E-state index in [0.717, 1.165) is 6.42 Å². The van der Waals surface area contributed by atoms with Crippen molar-refractivity contribution in [2.24, 2.45) is 0 Å². The van der Waals surface area contributed by atoms with Gasteiger partial charge in [0.2, 0.25) is 0 Å². The number of unbranched alkanes of at least 4 members (excludes halogenated alkanes) is 9. The number of aliphatic hydroxyl groups excluding tert-OH is 1. The predicted octanol–water partition coefficient (Wildman–Crippen LogP) is 4.71. The molecule has 0 spiro atoms. The third kappa shape index (κ3) is 19.9. The number of benzene rings is 1. The topological polar surface area (TPSA) is 91.7 Å². The van der Waals surface area contributed by atoms with Gasteiger partial charge in [-0.3, -0.25) is 4.55 Å². The summed E-state index contributed by atoms with van der Waals surface area (Å²) in [5.41, 5.74) is 0. The van der Waals surface area contributed by atoms with E-state index in [1.807, 2.05) is 0 Å². The predicted molar refractivity (Wildman–Crippen MR) is 95.9 cm³/mol. The van der Waals surface area contributed by atoms with Crippen LogP contribution in [0.5, 0.6) is 0 Å². The molecule has 5 nitrogen and oxygen atoms in total. The van der Waals surface area contributed by atoms with Gasteiger partial charge in [-0.15, -0.1) is 0 Å². The summed E-state index contributed by atoms with van der Waals surface area (Å²) in [5.74, 6) is 0. The molecule has 2 N–H and O–H groups in total. The zero-order valence-corrected chi connectivity index (χ0v) is 18.5. The van der Waals surface area contributed by atoms with Crippen molar-refractivity contribution in [1.82, 2.24) is 0 Å². The van der Waals surface area contributed by atoms with Crippen LogP contribution in [-0.2, 0) is 37.7 Å². The molecule has 144 valence electrons. The molecule has 0 fully saturated rings. The van der Waals surface area contributed by atoms with E-state index in [-0.39, 0.29) is 4.90 Å². The first kappa shape index (κ1) is 27.0. The summed E-state index contributed by atoms with van der Waals surface area (Å²) >= 11 is 0.300. The fraction of sp³-hybridized carbons (Fsp3) is 0.667. The van der Waals surface area contributed by atoms with Gasteiger partial charge < -0.3 is 5.11 Å². The molecule has 0 aliphatic heterocycles. The van der Waals surface area contributed by atoms with Crippen LogP contribution in [0.2, 0.25) is 0 Å². The van der Waals surface area contributed by atoms with Gasteiger partial charge >= 0.3 is 27.5 Å². The number of hydrogen-bond donors (Lipinski definition) is 2. The second kappa shape index (κ2) is 20.1. The number of aliphatic hydroxyl groups is 1. The fourth-order valence-corrected chi connectivity index (χ4v) is 2.69. The van der Waals surface area contributed by atoms with E-state index in [4.69, 9.17) is 12.5 Å².